The van der Waals surface area contributed by atoms with Crippen LogP contribution < -0.4 is 0 Å². The molecule has 7 rings (SSSR count). The van der Waals surface area contributed by atoms with Crippen molar-refractivity contribution in [3.63, 3.8) is 0 Å². The number of carbonyl (C=O) groups excluding carboxylic acids is 5. The molecule has 3 aliphatic heterocycles. The van der Waals surface area contributed by atoms with E-state index in [2.05, 4.69) is 260 Å². The number of carbonyl (C=O) groups is 6. The summed E-state index contributed by atoms with van der Waals surface area (Å²) in [4.78, 5) is 70.3. The average molecular weight is 1790 g/mol. The van der Waals surface area contributed by atoms with Crippen molar-refractivity contribution in [1.29, 1.82) is 0 Å². The zero-order chi connectivity index (χ0) is 67.8. The summed E-state index contributed by atoms with van der Waals surface area (Å²) in [6, 6.07) is 25.2. The molecule has 6 atom stereocenters. The number of hydrogen-bond donors (Lipinski definition) is 1. The number of alkyl halides is 3. The van der Waals surface area contributed by atoms with Crippen LogP contribution in [0.15, 0.2) is 72.8 Å². The fourth-order valence-electron chi connectivity index (χ4n) is 10.7. The molecule has 0 amide bonds. The second-order valence-corrected chi connectivity index (χ2v) is 30.8. The number of ketones is 4. The van der Waals surface area contributed by atoms with E-state index < -0.39 is 20.0 Å². The maximum absolute atomic E-state index is 12.6. The summed E-state index contributed by atoms with van der Waals surface area (Å²) < 4.78 is 11.0. The first kappa shape index (κ1) is 96.4. The molecule has 91 heavy (non-hydrogen) atoms. The molecule has 23 heteroatoms. The summed E-state index contributed by atoms with van der Waals surface area (Å²) in [5, 5.41) is 7.59. The third-order valence-electron chi connectivity index (χ3n) is 17.2. The van der Waals surface area contributed by atoms with Crippen molar-refractivity contribution in [2.75, 3.05) is 53.4 Å². The van der Waals surface area contributed by atoms with Gasteiger partial charge in [0.1, 0.15) is 16.9 Å². The molecule has 4 aromatic rings. The quantitative estimate of drug-likeness (QED) is 0.0355. The molecule has 0 spiro atoms. The van der Waals surface area contributed by atoms with Crippen molar-refractivity contribution in [3.8, 4) is 0 Å². The Morgan fingerprint density at radius 2 is 0.703 bits per heavy atom. The van der Waals surface area contributed by atoms with Crippen molar-refractivity contribution in [1.82, 2.24) is 4.90 Å². The van der Waals surface area contributed by atoms with Gasteiger partial charge in [-0.2, -0.15) is 0 Å². The number of quaternary nitrogens is 2. The van der Waals surface area contributed by atoms with Gasteiger partial charge in [0.15, 0.2) is 23.1 Å². The van der Waals surface area contributed by atoms with E-state index >= 15 is 0 Å². The third-order valence-corrected chi connectivity index (χ3v) is 19.1. The van der Waals surface area contributed by atoms with E-state index in [-0.39, 0.29) is 80.7 Å². The van der Waals surface area contributed by atoms with Crippen LogP contribution in [0, 0.1) is 55.4 Å². The number of hydrogen-bond acceptors (Lipinski definition) is 8. The Morgan fingerprint density at radius 1 is 0.495 bits per heavy atom. The number of aryl methyl sites for hydroxylation is 8. The number of likely N-dealkylation sites (N-methyl/N-ethyl adjacent to an activating group) is 2. The van der Waals surface area contributed by atoms with Crippen LogP contribution in [0.5, 0.6) is 0 Å². The number of carboxylic acid groups (broad SMARTS) is 1. The van der Waals surface area contributed by atoms with E-state index in [0.29, 0.717) is 43.0 Å². The third kappa shape index (κ3) is 36.5. The second kappa shape index (κ2) is 50.4. The van der Waals surface area contributed by atoms with Gasteiger partial charge < -0.3 is 19.5 Å². The zero-order valence-electron chi connectivity index (χ0n) is 56.0. The molecule has 522 valence electrons. The van der Waals surface area contributed by atoms with Gasteiger partial charge in [-0.1, -0.05) is 121 Å². The molecule has 3 heterocycles. The number of rotatable bonds is 17. The molecule has 6 unspecified atom stereocenters. The van der Waals surface area contributed by atoms with Crippen molar-refractivity contribution >= 4 is 170 Å². The Morgan fingerprint density at radius 3 is 0.901 bits per heavy atom. The van der Waals surface area contributed by atoms with Crippen LogP contribution in [0.25, 0.3) is 0 Å². The molecular formula is C68H103AgBr3Cl5IN3O9S+2. The first-order chi connectivity index (χ1) is 41.0. The van der Waals surface area contributed by atoms with Gasteiger partial charge >= 0.3 is 35.1 Å². The summed E-state index contributed by atoms with van der Waals surface area (Å²) in [6.45, 7) is 34.9. The summed E-state index contributed by atoms with van der Waals surface area (Å²) in [6.07, 6.45) is 9.81. The Bertz CT molecular complexity index is 2690. The first-order valence-electron chi connectivity index (χ1n) is 29.9. The Kier molecular flexibility index (Phi) is 53.4. The Hall–Kier alpha value is -0.950. The molecule has 0 bridgehead atoms. The van der Waals surface area contributed by atoms with Crippen molar-refractivity contribution in [3.05, 3.63) is 140 Å². The van der Waals surface area contributed by atoms with Gasteiger partial charge in [0.05, 0.1) is 56.0 Å². The van der Waals surface area contributed by atoms with Crippen molar-refractivity contribution in [2.24, 2.45) is 0 Å². The second-order valence-electron chi connectivity index (χ2n) is 23.8. The summed E-state index contributed by atoms with van der Waals surface area (Å²) in [5.74, 6) is 0.551. The molecule has 3 N–H and O–H groups in total. The van der Waals surface area contributed by atoms with E-state index in [1.165, 1.54) is 105 Å². The van der Waals surface area contributed by atoms with Gasteiger partial charge in [-0.05, 0) is 201 Å². The number of Topliss-reactive ketones (excluding diaryl/α,β-unsaturated/α-hetero) is 4. The molecule has 0 aliphatic carbocycles. The number of nitrogens with zero attached hydrogens (tertiary/aromatic N) is 3. The average Bonchev–Trinajstić information content (AvgIpc) is 2.00. The molecule has 0 aromatic heterocycles. The van der Waals surface area contributed by atoms with Crippen LogP contribution in [0.1, 0.15) is 147 Å². The first-order valence-corrected chi connectivity index (χ1v) is 37.8. The van der Waals surface area contributed by atoms with Gasteiger partial charge in [0.2, 0.25) is 14.5 Å². The summed E-state index contributed by atoms with van der Waals surface area (Å²) in [5.41, 5.74) is 14.7. The normalized spacial score (nSPS) is 15.8. The van der Waals surface area contributed by atoms with Gasteiger partial charge in [-0.25, -0.2) is 4.21 Å². The molecular weight excluding hydrogens is 1690 g/mol. The molecule has 12 nitrogen and oxygen atoms in total. The van der Waals surface area contributed by atoms with Gasteiger partial charge in [0.25, 0.3) is 0 Å². The molecule has 3 fully saturated rings. The van der Waals surface area contributed by atoms with Gasteiger partial charge in [-0.15, -0.1) is 36.4 Å². The monoisotopic (exact) mass is 1780 g/mol. The fourth-order valence-corrected chi connectivity index (χ4v) is 10.9. The molecule has 3 saturated heterocycles. The van der Waals surface area contributed by atoms with E-state index in [1.807, 2.05) is 13.0 Å². The van der Waals surface area contributed by atoms with E-state index in [9.17, 15) is 28.8 Å². The van der Waals surface area contributed by atoms with Crippen LogP contribution in [0.2, 0.25) is 0 Å². The van der Waals surface area contributed by atoms with Gasteiger partial charge in [0, 0.05) is 72.7 Å². The molecule has 4 aromatic carbocycles. The number of aliphatic carboxylic acids is 1. The number of benzene rings is 4. The van der Waals surface area contributed by atoms with Crippen LogP contribution >= 0.6 is 126 Å². The van der Waals surface area contributed by atoms with Crippen LogP contribution in [-0.4, -0.2) is 149 Å². The fraction of sp³-hybridized carbons (Fsp3) is 0.559. The van der Waals surface area contributed by atoms with E-state index in [4.69, 9.17) is 20.9 Å². The number of likely N-dealkylation sites (tertiary alicyclic amines) is 3. The minimum absolute atomic E-state index is 0. The van der Waals surface area contributed by atoms with Crippen molar-refractivity contribution < 1.29 is 72.5 Å². The Labute approximate surface area is 627 Å². The van der Waals surface area contributed by atoms with E-state index in [0.717, 1.165) is 48.2 Å². The van der Waals surface area contributed by atoms with Crippen molar-refractivity contribution in [2.45, 2.75) is 194 Å². The van der Waals surface area contributed by atoms with Gasteiger partial charge in [-0.3, -0.25) is 33.7 Å². The topological polar surface area (TPSA) is 174 Å². The standard InChI is InChI=1S/2C17H26NO.C16H23NO.C12H15BrO.C3H4BrClO.C3H5BrO2.Ag.Cl2OS.2ClH.HI.H2O/c2*1-13-8-7-9-14(2)16(13)12-17(19)15(3)18(4)10-5-6-11-18;1-12-7-6-8-13(2)15(12)11-16(18)14(3)17-9-4-5-10-17;1-8-5-4-6-9(2)11(8)7-12(14)10(3)13;2*1-2(4)3(5)6;;1-4(2)3;;;;/h2*7-9,15H,5-6,10-12H2,1-4H3;6-8,14H,4-5,9-11H2,1-3H3;4-6,10H,7H2,1-3H3;2H,1H3;2H,1H3,(H,5,6);;;3*1H;1H2/q2*+1;;;;;+1;;;;;/p-1. The minimum atomic E-state index is -1.67. The van der Waals surface area contributed by atoms with Crippen LogP contribution in [0.3, 0.4) is 0 Å². The SMILES string of the molecule is CC(Br)C(=O)Cl.CC(Br)C(=O)O.Cc1cccc(C)c1CC(=O)C(C)Br.Cc1cccc(C)c1CC(=O)C(C)N1CCCC1.Cc1cccc(C)c1CC(=O)C(C)[N+]1(C)CCCC1.Cc1cccc(C)c1CC(=O)C(C)[N+]1(C)CCCC1.Cl.I.O.O=S(Cl)Cl.[Cl][Ag]. The van der Waals surface area contributed by atoms with Crippen LogP contribution in [0.4, 0.5) is 0 Å². The summed E-state index contributed by atoms with van der Waals surface area (Å²) in [7, 11) is 16.3. The summed E-state index contributed by atoms with van der Waals surface area (Å²) >= 11 is 16.4. The maximum atomic E-state index is 12.6. The number of carboxylic acids is 1. The van der Waals surface area contributed by atoms with E-state index in [1.54, 1.807) is 13.8 Å². The molecule has 3 aliphatic rings. The predicted octanol–water partition coefficient (Wildman–Crippen LogP) is 16.5. The van der Waals surface area contributed by atoms with Crippen LogP contribution in [-0.2, 0) is 83.7 Å². The molecule has 0 saturated carbocycles. The molecule has 0 radical (unpaired) electrons. The number of halogens is 9. The Balaban J connectivity index is -0.000000505. The predicted molar refractivity (Wildman–Crippen MR) is 404 cm³/mol. The zero-order valence-corrected chi connectivity index (χ0v) is 69.3.